The molecule has 0 bridgehead atoms. The first-order chi connectivity index (χ1) is 25.8. The minimum absolute atomic E-state index is 0.883. The second-order valence-corrected chi connectivity index (χ2v) is 14.7. The molecule has 12 rings (SSSR count). The van der Waals surface area contributed by atoms with Crippen molar-refractivity contribution in [1.82, 2.24) is 4.57 Å². The number of fused-ring (bicyclic) bond motifs is 12. The van der Waals surface area contributed by atoms with Crippen molar-refractivity contribution in [1.29, 1.82) is 0 Å². The Hall–Kier alpha value is -6.62. The Morgan fingerprint density at radius 1 is 0.365 bits per heavy atom. The minimum Gasteiger partial charge on any atom is -0.456 e. The Kier molecular flexibility index (Phi) is 5.65. The molecule has 0 aliphatic rings. The zero-order valence-corrected chi connectivity index (χ0v) is 28.6. The molecule has 0 aliphatic heterocycles. The van der Waals surface area contributed by atoms with Gasteiger partial charge in [-0.05, 0) is 82.9 Å². The van der Waals surface area contributed by atoms with Gasteiger partial charge in [-0.15, -0.1) is 11.3 Å². The van der Waals surface area contributed by atoms with Gasteiger partial charge in [-0.25, -0.2) is 0 Å². The van der Waals surface area contributed by atoms with E-state index in [0.717, 1.165) is 60.6 Å². The van der Waals surface area contributed by atoms with E-state index in [4.69, 9.17) is 8.83 Å². The van der Waals surface area contributed by atoms with E-state index in [1.54, 1.807) is 0 Å². The molecule has 0 spiro atoms. The summed E-state index contributed by atoms with van der Waals surface area (Å²) in [6, 6.07) is 58.9. The molecule has 242 valence electrons. The molecule has 52 heavy (non-hydrogen) atoms. The second-order valence-electron chi connectivity index (χ2n) is 13.6. The molecule has 0 saturated heterocycles. The van der Waals surface area contributed by atoms with E-state index in [0.29, 0.717) is 0 Å². The van der Waals surface area contributed by atoms with Crippen molar-refractivity contribution in [2.75, 3.05) is 0 Å². The van der Waals surface area contributed by atoms with Gasteiger partial charge in [0.25, 0.3) is 0 Å². The molecular formula is C48H27NO2S. The monoisotopic (exact) mass is 681 g/mol. The van der Waals surface area contributed by atoms with Gasteiger partial charge in [-0.2, -0.15) is 0 Å². The van der Waals surface area contributed by atoms with Gasteiger partial charge < -0.3 is 13.4 Å². The lowest BCUT2D eigenvalue weighted by atomic mass is 9.95. The molecule has 0 saturated carbocycles. The first kappa shape index (κ1) is 28.1. The Bertz CT molecular complexity index is 3430. The van der Waals surface area contributed by atoms with Gasteiger partial charge in [0.05, 0.1) is 16.7 Å². The highest BCUT2D eigenvalue weighted by Crippen LogP contribution is 2.46. The van der Waals surface area contributed by atoms with Gasteiger partial charge in [0.15, 0.2) is 0 Å². The highest BCUT2D eigenvalue weighted by atomic mass is 32.1. The number of thiophene rings is 1. The fourth-order valence-electron chi connectivity index (χ4n) is 8.52. The number of aromatic nitrogens is 1. The van der Waals surface area contributed by atoms with Crippen LogP contribution in [-0.2, 0) is 0 Å². The molecule has 0 unspecified atom stereocenters. The van der Waals surface area contributed by atoms with Crippen LogP contribution in [0.5, 0.6) is 0 Å². The lowest BCUT2D eigenvalue weighted by Gasteiger charge is -2.13. The largest absolute Gasteiger partial charge is 0.456 e. The third-order valence-corrected chi connectivity index (χ3v) is 11.9. The van der Waals surface area contributed by atoms with Crippen molar-refractivity contribution >= 4 is 97.2 Å². The van der Waals surface area contributed by atoms with Crippen molar-refractivity contribution in [2.24, 2.45) is 0 Å². The summed E-state index contributed by atoms with van der Waals surface area (Å²) in [5.74, 6) is 0. The third kappa shape index (κ3) is 3.90. The number of rotatable bonds is 3. The molecule has 0 fully saturated rings. The van der Waals surface area contributed by atoms with Crippen molar-refractivity contribution in [3.63, 3.8) is 0 Å². The smallest absolute Gasteiger partial charge is 0.138 e. The first-order valence-electron chi connectivity index (χ1n) is 17.6. The Morgan fingerprint density at radius 3 is 1.88 bits per heavy atom. The maximum Gasteiger partial charge on any atom is 0.138 e. The number of hydrogen-bond donors (Lipinski definition) is 0. The maximum atomic E-state index is 6.68. The molecule has 4 heteroatoms. The maximum absolute atomic E-state index is 6.68. The van der Waals surface area contributed by atoms with Gasteiger partial charge in [-0.3, -0.25) is 0 Å². The third-order valence-electron chi connectivity index (χ3n) is 10.8. The summed E-state index contributed by atoms with van der Waals surface area (Å²) in [6.07, 6.45) is 0. The van der Waals surface area contributed by atoms with Gasteiger partial charge in [-0.1, -0.05) is 97.1 Å². The van der Waals surface area contributed by atoms with E-state index in [2.05, 4.69) is 156 Å². The van der Waals surface area contributed by atoms with Crippen LogP contribution in [0.25, 0.3) is 114 Å². The summed E-state index contributed by atoms with van der Waals surface area (Å²) < 4.78 is 17.8. The Labute approximate surface area is 301 Å². The fraction of sp³-hybridized carbons (Fsp3) is 0. The molecule has 0 amide bonds. The standard InChI is InChI=1S/C48H27NO2S/c1-5-15-39-31(10-1)36-24-28(29-21-23-43-37(25-29)32-11-2-6-16-41(32)50-43)20-22-40(36)49(39)30-26-38(47-34-12-3-7-17-42(34)51-44(47)27-30)33-14-9-19-46-48(33)35-13-4-8-18-45(35)52-46/h1-27H. The van der Waals surface area contributed by atoms with Crippen LogP contribution in [0.1, 0.15) is 0 Å². The van der Waals surface area contributed by atoms with E-state index in [1.807, 2.05) is 23.5 Å². The Balaban J connectivity index is 1.13. The van der Waals surface area contributed by atoms with E-state index in [-0.39, 0.29) is 0 Å². The summed E-state index contributed by atoms with van der Waals surface area (Å²) in [5.41, 5.74) is 11.7. The lowest BCUT2D eigenvalue weighted by Crippen LogP contribution is -1.95. The molecule has 0 aliphatic carbocycles. The summed E-state index contributed by atoms with van der Waals surface area (Å²) in [6.45, 7) is 0. The molecule has 8 aromatic carbocycles. The van der Waals surface area contributed by atoms with Crippen molar-refractivity contribution in [3.05, 3.63) is 164 Å². The highest BCUT2D eigenvalue weighted by molar-refractivity contribution is 7.25. The van der Waals surface area contributed by atoms with Crippen LogP contribution in [0.3, 0.4) is 0 Å². The number of nitrogens with zero attached hydrogens (tertiary/aromatic N) is 1. The zero-order valence-electron chi connectivity index (χ0n) is 27.8. The molecule has 0 radical (unpaired) electrons. The molecule has 0 N–H and O–H groups in total. The summed E-state index contributed by atoms with van der Waals surface area (Å²) in [4.78, 5) is 0. The summed E-state index contributed by atoms with van der Waals surface area (Å²) in [7, 11) is 0. The van der Waals surface area contributed by atoms with E-state index < -0.39 is 0 Å². The number of para-hydroxylation sites is 3. The van der Waals surface area contributed by atoms with Crippen LogP contribution in [0.2, 0.25) is 0 Å². The molecule has 12 aromatic rings. The Morgan fingerprint density at radius 2 is 1.00 bits per heavy atom. The van der Waals surface area contributed by atoms with E-state index >= 15 is 0 Å². The van der Waals surface area contributed by atoms with Gasteiger partial charge in [0, 0.05) is 58.6 Å². The number of benzene rings is 8. The van der Waals surface area contributed by atoms with Crippen LogP contribution >= 0.6 is 11.3 Å². The lowest BCUT2D eigenvalue weighted by molar-refractivity contribution is 0.668. The molecule has 4 heterocycles. The number of hydrogen-bond acceptors (Lipinski definition) is 3. The quantitative estimate of drug-likeness (QED) is 0.186. The highest BCUT2D eigenvalue weighted by Gasteiger charge is 2.21. The second kappa shape index (κ2) is 10.5. The molecule has 4 aromatic heterocycles. The molecule has 0 atom stereocenters. The first-order valence-corrected chi connectivity index (χ1v) is 18.4. The van der Waals surface area contributed by atoms with Crippen LogP contribution < -0.4 is 0 Å². The predicted molar refractivity (Wildman–Crippen MR) is 219 cm³/mol. The van der Waals surface area contributed by atoms with Crippen LogP contribution in [-0.4, -0.2) is 4.57 Å². The van der Waals surface area contributed by atoms with Crippen LogP contribution in [0.4, 0.5) is 0 Å². The van der Waals surface area contributed by atoms with Crippen molar-refractivity contribution in [2.45, 2.75) is 0 Å². The SMILES string of the molecule is c1ccc2c(c1)oc1ccc(-c3ccc4c(c3)c3ccccc3n4-c3cc(-c4cccc5sc6ccccc6c45)c4c(c3)oc3ccccc34)cc12. The van der Waals surface area contributed by atoms with Gasteiger partial charge in [0.2, 0.25) is 0 Å². The minimum atomic E-state index is 0.883. The topological polar surface area (TPSA) is 31.2 Å². The van der Waals surface area contributed by atoms with Crippen LogP contribution in [0.15, 0.2) is 173 Å². The summed E-state index contributed by atoms with van der Waals surface area (Å²) in [5, 5.41) is 9.55. The van der Waals surface area contributed by atoms with Crippen molar-refractivity contribution < 1.29 is 8.83 Å². The van der Waals surface area contributed by atoms with Crippen LogP contribution in [0, 0.1) is 0 Å². The summed E-state index contributed by atoms with van der Waals surface area (Å²) >= 11 is 1.85. The fourth-order valence-corrected chi connectivity index (χ4v) is 9.65. The van der Waals surface area contributed by atoms with E-state index in [1.165, 1.54) is 53.2 Å². The van der Waals surface area contributed by atoms with Crippen molar-refractivity contribution in [3.8, 4) is 27.9 Å². The molecule has 3 nitrogen and oxygen atoms in total. The van der Waals surface area contributed by atoms with E-state index in [9.17, 15) is 0 Å². The normalized spacial score (nSPS) is 12.2. The van der Waals surface area contributed by atoms with Gasteiger partial charge in [0.1, 0.15) is 22.3 Å². The average Bonchev–Trinajstić information content (AvgIpc) is 3.95. The molecular weight excluding hydrogens is 655 g/mol. The average molecular weight is 682 g/mol. The zero-order chi connectivity index (χ0) is 33.9. The van der Waals surface area contributed by atoms with Gasteiger partial charge >= 0.3 is 0 Å². The number of furan rings is 2. The predicted octanol–water partition coefficient (Wildman–Crippen LogP) is 14.3.